The largest absolute Gasteiger partial charge is 0.295 e. The molecule has 0 spiro atoms. The second-order valence-corrected chi connectivity index (χ2v) is 4.68. The van der Waals surface area contributed by atoms with Crippen molar-refractivity contribution in [1.82, 2.24) is 4.90 Å². The van der Waals surface area contributed by atoms with Gasteiger partial charge in [-0.15, -0.1) is 0 Å². The Morgan fingerprint density at radius 1 is 1.36 bits per heavy atom. The lowest BCUT2D eigenvalue weighted by atomic mass is 9.82. The van der Waals surface area contributed by atoms with Crippen LogP contribution in [0.2, 0.25) is 0 Å². The highest BCUT2D eigenvalue weighted by atomic mass is 19.3. The maximum atomic E-state index is 12.3. The van der Waals surface area contributed by atoms with Gasteiger partial charge in [0.15, 0.2) is 0 Å². The molecule has 0 bridgehead atoms. The third-order valence-corrected chi connectivity index (χ3v) is 3.41. The molecule has 0 aliphatic carbocycles. The molecule has 1 saturated heterocycles. The fraction of sp³-hybridized carbons (Fsp3) is 1.00. The molecule has 1 fully saturated rings. The molecule has 0 unspecified atom stereocenters. The number of halogens is 2. The van der Waals surface area contributed by atoms with E-state index in [1.807, 2.05) is 4.90 Å². The van der Waals surface area contributed by atoms with Crippen molar-refractivity contribution in [3.05, 3.63) is 0 Å². The topological polar surface area (TPSA) is 3.24 Å². The van der Waals surface area contributed by atoms with Gasteiger partial charge in [-0.3, -0.25) is 4.90 Å². The monoisotopic (exact) mass is 205 g/mol. The van der Waals surface area contributed by atoms with E-state index < -0.39 is 6.43 Å². The zero-order valence-electron chi connectivity index (χ0n) is 9.34. The number of piperidine rings is 1. The Kier molecular flexibility index (Phi) is 4.30. The van der Waals surface area contributed by atoms with E-state index in [2.05, 4.69) is 20.8 Å². The average Bonchev–Trinajstić information content (AvgIpc) is 2.07. The molecule has 2 atom stereocenters. The summed E-state index contributed by atoms with van der Waals surface area (Å²) in [4.78, 5) is 1.94. The minimum atomic E-state index is -2.19. The lowest BCUT2D eigenvalue weighted by molar-refractivity contribution is 0.0209. The molecule has 3 heteroatoms. The van der Waals surface area contributed by atoms with E-state index in [9.17, 15) is 8.78 Å². The Bertz CT molecular complexity index is 171. The van der Waals surface area contributed by atoms with Crippen molar-refractivity contribution in [3.63, 3.8) is 0 Å². The van der Waals surface area contributed by atoms with E-state index >= 15 is 0 Å². The molecule has 1 aliphatic rings. The summed E-state index contributed by atoms with van der Waals surface area (Å²) in [5, 5.41) is 0. The van der Waals surface area contributed by atoms with Gasteiger partial charge in [0.1, 0.15) is 0 Å². The molecule has 0 N–H and O–H groups in total. The maximum Gasteiger partial charge on any atom is 0.251 e. The van der Waals surface area contributed by atoms with E-state index in [1.165, 1.54) is 6.42 Å². The van der Waals surface area contributed by atoms with Gasteiger partial charge in [-0.25, -0.2) is 8.78 Å². The molecule has 0 aromatic rings. The summed E-state index contributed by atoms with van der Waals surface area (Å²) in [5.41, 5.74) is 0. The van der Waals surface area contributed by atoms with E-state index in [0.717, 1.165) is 13.0 Å². The first kappa shape index (κ1) is 11.9. The minimum Gasteiger partial charge on any atom is -0.295 e. The van der Waals surface area contributed by atoms with Crippen molar-refractivity contribution >= 4 is 0 Å². The lowest BCUT2D eigenvalue weighted by Crippen LogP contribution is -2.46. The first-order valence-corrected chi connectivity index (χ1v) is 5.54. The third kappa shape index (κ3) is 2.91. The van der Waals surface area contributed by atoms with E-state index in [-0.39, 0.29) is 6.54 Å². The Morgan fingerprint density at radius 3 is 2.50 bits per heavy atom. The van der Waals surface area contributed by atoms with Crippen LogP contribution in [0.4, 0.5) is 8.78 Å². The maximum absolute atomic E-state index is 12.3. The van der Waals surface area contributed by atoms with Crippen LogP contribution in [-0.2, 0) is 0 Å². The summed E-state index contributed by atoms with van der Waals surface area (Å²) in [6.07, 6.45) is 0.0710. The van der Waals surface area contributed by atoms with Crippen molar-refractivity contribution in [1.29, 1.82) is 0 Å². The zero-order valence-corrected chi connectivity index (χ0v) is 9.34. The van der Waals surface area contributed by atoms with Crippen LogP contribution in [-0.4, -0.2) is 30.5 Å². The van der Waals surface area contributed by atoms with Gasteiger partial charge >= 0.3 is 0 Å². The van der Waals surface area contributed by atoms with Crippen molar-refractivity contribution < 1.29 is 8.78 Å². The summed E-state index contributed by atoms with van der Waals surface area (Å²) in [6.45, 7) is 7.26. The molecule has 1 heterocycles. The summed E-state index contributed by atoms with van der Waals surface area (Å²) in [6, 6.07) is 0.317. The first-order valence-electron chi connectivity index (χ1n) is 5.54. The average molecular weight is 205 g/mol. The highest BCUT2D eigenvalue weighted by molar-refractivity contribution is 4.83. The zero-order chi connectivity index (χ0) is 10.7. The van der Waals surface area contributed by atoms with Gasteiger partial charge in [-0.2, -0.15) is 0 Å². The number of alkyl halides is 2. The van der Waals surface area contributed by atoms with Gasteiger partial charge < -0.3 is 0 Å². The lowest BCUT2D eigenvalue weighted by Gasteiger charge is -2.41. The van der Waals surface area contributed by atoms with Crippen LogP contribution in [0.25, 0.3) is 0 Å². The number of hydrogen-bond donors (Lipinski definition) is 0. The SMILES string of the molecule is CC(C)[C@@H]1CCCN(CC(F)F)[C@@H]1C. The second kappa shape index (κ2) is 5.06. The van der Waals surface area contributed by atoms with Crippen LogP contribution in [0.15, 0.2) is 0 Å². The van der Waals surface area contributed by atoms with E-state index in [0.29, 0.717) is 17.9 Å². The Balaban J connectivity index is 2.52. The normalized spacial score (nSPS) is 30.2. The van der Waals surface area contributed by atoms with Crippen LogP contribution < -0.4 is 0 Å². The first-order chi connectivity index (χ1) is 6.52. The van der Waals surface area contributed by atoms with E-state index in [4.69, 9.17) is 0 Å². The predicted molar refractivity (Wildman–Crippen MR) is 54.6 cm³/mol. The Hall–Kier alpha value is -0.180. The van der Waals surface area contributed by atoms with Gasteiger partial charge in [0.2, 0.25) is 0 Å². The van der Waals surface area contributed by atoms with Crippen molar-refractivity contribution in [2.24, 2.45) is 11.8 Å². The van der Waals surface area contributed by atoms with Gasteiger partial charge in [0.05, 0.1) is 6.54 Å². The van der Waals surface area contributed by atoms with Crippen LogP contribution in [0.3, 0.4) is 0 Å². The molecule has 1 aliphatic heterocycles. The highest BCUT2D eigenvalue weighted by Crippen LogP contribution is 2.29. The standard InChI is InChI=1S/C11H21F2N/c1-8(2)10-5-4-6-14(9(10)3)7-11(12)13/h8-11H,4-7H2,1-3H3/t9-,10+/m1/s1. The van der Waals surface area contributed by atoms with Crippen molar-refractivity contribution in [2.75, 3.05) is 13.1 Å². The summed E-state index contributed by atoms with van der Waals surface area (Å²) >= 11 is 0. The molecule has 84 valence electrons. The Morgan fingerprint density at radius 2 is 2.00 bits per heavy atom. The van der Waals surface area contributed by atoms with Crippen LogP contribution in [0.1, 0.15) is 33.6 Å². The molecule has 1 rings (SSSR count). The number of likely N-dealkylation sites (tertiary alicyclic amines) is 1. The third-order valence-electron chi connectivity index (χ3n) is 3.41. The fourth-order valence-electron chi connectivity index (χ4n) is 2.57. The van der Waals surface area contributed by atoms with Crippen molar-refractivity contribution in [3.8, 4) is 0 Å². The second-order valence-electron chi connectivity index (χ2n) is 4.68. The molecular formula is C11H21F2N. The van der Waals surface area contributed by atoms with Crippen LogP contribution >= 0.6 is 0 Å². The van der Waals surface area contributed by atoms with E-state index in [1.54, 1.807) is 0 Å². The van der Waals surface area contributed by atoms with Crippen LogP contribution in [0.5, 0.6) is 0 Å². The number of hydrogen-bond acceptors (Lipinski definition) is 1. The molecule has 14 heavy (non-hydrogen) atoms. The summed E-state index contributed by atoms with van der Waals surface area (Å²) in [5.74, 6) is 1.19. The minimum absolute atomic E-state index is 0.0512. The molecule has 0 aromatic carbocycles. The van der Waals surface area contributed by atoms with Crippen molar-refractivity contribution in [2.45, 2.75) is 46.1 Å². The molecular weight excluding hydrogens is 184 g/mol. The molecule has 0 aromatic heterocycles. The molecule has 0 radical (unpaired) electrons. The van der Waals surface area contributed by atoms with Gasteiger partial charge in [0, 0.05) is 6.04 Å². The number of rotatable bonds is 3. The molecule has 1 nitrogen and oxygen atoms in total. The van der Waals surface area contributed by atoms with Gasteiger partial charge in [-0.05, 0) is 38.1 Å². The van der Waals surface area contributed by atoms with Crippen LogP contribution in [0, 0.1) is 11.8 Å². The molecule has 0 amide bonds. The summed E-state index contributed by atoms with van der Waals surface area (Å²) in [7, 11) is 0. The fourth-order valence-corrected chi connectivity index (χ4v) is 2.57. The van der Waals surface area contributed by atoms with Gasteiger partial charge in [-0.1, -0.05) is 13.8 Å². The Labute approximate surface area is 85.5 Å². The summed E-state index contributed by atoms with van der Waals surface area (Å²) < 4.78 is 24.6. The smallest absolute Gasteiger partial charge is 0.251 e. The number of nitrogens with zero attached hydrogens (tertiary/aromatic N) is 1. The highest BCUT2D eigenvalue weighted by Gasteiger charge is 2.30. The van der Waals surface area contributed by atoms with Gasteiger partial charge in [0.25, 0.3) is 6.43 Å². The quantitative estimate of drug-likeness (QED) is 0.684. The predicted octanol–water partition coefficient (Wildman–Crippen LogP) is 3.01. The molecule has 0 saturated carbocycles.